The molecule has 0 radical (unpaired) electrons. The number of aryl methyl sites for hydroxylation is 1. The van der Waals surface area contributed by atoms with Gasteiger partial charge >= 0.3 is 0 Å². The number of hydrogen-bond donors (Lipinski definition) is 2. The fraction of sp³-hybridized carbons (Fsp3) is 0.296. The molecule has 2 aromatic heterocycles. The van der Waals surface area contributed by atoms with E-state index in [0.717, 1.165) is 33.6 Å². The summed E-state index contributed by atoms with van der Waals surface area (Å²) in [5.74, 6) is 2.65. The van der Waals surface area contributed by atoms with Gasteiger partial charge in [-0.2, -0.15) is 0 Å². The zero-order valence-corrected chi connectivity index (χ0v) is 21.5. The molecular formula is C27H30N4O3S. The number of rotatable bonds is 9. The molecule has 182 valence electrons. The number of carbonyl (C=O) groups is 1. The first kappa shape index (κ1) is 24.5. The first-order valence-electron chi connectivity index (χ1n) is 11.6. The minimum Gasteiger partial charge on any atom is -0.493 e. The van der Waals surface area contributed by atoms with Gasteiger partial charge < -0.3 is 20.1 Å². The van der Waals surface area contributed by atoms with Gasteiger partial charge in [0.25, 0.3) is 5.91 Å². The average molecular weight is 491 g/mol. The average Bonchev–Trinajstić information content (AvgIpc) is 3.37. The molecule has 0 aliphatic rings. The highest BCUT2D eigenvalue weighted by Gasteiger charge is 2.16. The maximum atomic E-state index is 12.2. The third kappa shape index (κ3) is 5.38. The summed E-state index contributed by atoms with van der Waals surface area (Å²) in [6, 6.07) is 15.8. The van der Waals surface area contributed by atoms with E-state index in [1.807, 2.05) is 50.2 Å². The van der Waals surface area contributed by atoms with Gasteiger partial charge in [0.1, 0.15) is 11.6 Å². The van der Waals surface area contributed by atoms with Gasteiger partial charge in [0.2, 0.25) is 0 Å². The number of carbonyl (C=O) groups excluding carboxylic acids is 1. The molecule has 0 spiro atoms. The highest BCUT2D eigenvalue weighted by Crippen LogP contribution is 2.37. The second-order valence-electron chi connectivity index (χ2n) is 8.25. The lowest BCUT2D eigenvalue weighted by Gasteiger charge is -2.16. The molecule has 1 atom stereocenters. The summed E-state index contributed by atoms with van der Waals surface area (Å²) in [4.78, 5) is 23.7. The predicted octanol–water partition coefficient (Wildman–Crippen LogP) is 6.00. The maximum absolute atomic E-state index is 12.2. The first-order chi connectivity index (χ1) is 16.9. The molecule has 1 unspecified atom stereocenters. The molecule has 0 aliphatic heterocycles. The van der Waals surface area contributed by atoms with Crippen LogP contribution in [0.3, 0.4) is 0 Å². The Morgan fingerprint density at radius 1 is 1.03 bits per heavy atom. The molecule has 7 nitrogen and oxygen atoms in total. The van der Waals surface area contributed by atoms with Crippen LogP contribution in [0.1, 0.15) is 47.4 Å². The van der Waals surface area contributed by atoms with E-state index in [0.29, 0.717) is 29.4 Å². The van der Waals surface area contributed by atoms with E-state index in [1.165, 1.54) is 4.88 Å². The number of benzene rings is 2. The SMILES string of the molecule is CCCNC(=O)c1ccc(-c2ccc(C(C)Nc3nc(C)nc4cc(OC)c(OC)cc34)s2)cc1. The van der Waals surface area contributed by atoms with Crippen molar-refractivity contribution >= 4 is 34.0 Å². The highest BCUT2D eigenvalue weighted by atomic mass is 32.1. The molecule has 0 fully saturated rings. The summed E-state index contributed by atoms with van der Waals surface area (Å²) < 4.78 is 10.9. The standard InChI is InChI=1S/C27H30N4O3S/c1-6-13-28-27(32)19-9-7-18(8-10-19)25-12-11-24(35-25)16(2)29-26-20-14-22(33-4)23(34-5)15-21(20)30-17(3)31-26/h7-12,14-16H,6,13H2,1-5H3,(H,28,32)(H,29,30,31). The van der Waals surface area contributed by atoms with Gasteiger partial charge in [-0.1, -0.05) is 19.1 Å². The summed E-state index contributed by atoms with van der Waals surface area (Å²) in [6.07, 6.45) is 0.917. The van der Waals surface area contributed by atoms with Gasteiger partial charge in [-0.25, -0.2) is 9.97 Å². The van der Waals surface area contributed by atoms with Gasteiger partial charge in [0, 0.05) is 33.3 Å². The summed E-state index contributed by atoms with van der Waals surface area (Å²) in [7, 11) is 3.23. The number of fused-ring (bicyclic) bond motifs is 1. The van der Waals surface area contributed by atoms with E-state index in [9.17, 15) is 4.79 Å². The molecule has 0 saturated heterocycles. The molecule has 4 rings (SSSR count). The smallest absolute Gasteiger partial charge is 0.251 e. The van der Waals surface area contributed by atoms with E-state index >= 15 is 0 Å². The Morgan fingerprint density at radius 3 is 2.43 bits per heavy atom. The van der Waals surface area contributed by atoms with Crippen LogP contribution in [0, 0.1) is 6.92 Å². The van der Waals surface area contributed by atoms with E-state index in [4.69, 9.17) is 9.47 Å². The van der Waals surface area contributed by atoms with Crippen molar-refractivity contribution in [1.82, 2.24) is 15.3 Å². The Balaban J connectivity index is 1.55. The molecule has 4 aromatic rings. The van der Waals surface area contributed by atoms with Crippen molar-refractivity contribution in [1.29, 1.82) is 0 Å². The Bertz CT molecular complexity index is 1330. The molecule has 2 heterocycles. The Hall–Kier alpha value is -3.65. The number of amides is 1. The number of nitrogens with zero attached hydrogens (tertiary/aromatic N) is 2. The van der Waals surface area contributed by atoms with Crippen LogP contribution in [0.4, 0.5) is 5.82 Å². The Labute approximate surface area is 209 Å². The van der Waals surface area contributed by atoms with Crippen molar-refractivity contribution in [3.05, 3.63) is 64.8 Å². The second kappa shape index (κ2) is 10.7. The summed E-state index contributed by atoms with van der Waals surface area (Å²) in [5.41, 5.74) is 2.55. The molecule has 0 aliphatic carbocycles. The zero-order chi connectivity index (χ0) is 24.9. The van der Waals surface area contributed by atoms with Crippen LogP contribution < -0.4 is 20.1 Å². The van der Waals surface area contributed by atoms with Crippen LogP contribution in [0.15, 0.2) is 48.5 Å². The number of ether oxygens (including phenoxy) is 2. The molecular weight excluding hydrogens is 460 g/mol. The number of thiophene rings is 1. The summed E-state index contributed by atoms with van der Waals surface area (Å²) in [6.45, 7) is 6.71. The van der Waals surface area contributed by atoms with Crippen LogP contribution >= 0.6 is 11.3 Å². The molecule has 35 heavy (non-hydrogen) atoms. The fourth-order valence-electron chi connectivity index (χ4n) is 3.83. The van der Waals surface area contributed by atoms with E-state index < -0.39 is 0 Å². The Morgan fingerprint density at radius 2 is 1.74 bits per heavy atom. The fourth-order valence-corrected chi connectivity index (χ4v) is 4.84. The molecule has 0 bridgehead atoms. The topological polar surface area (TPSA) is 85.4 Å². The third-order valence-electron chi connectivity index (χ3n) is 5.69. The van der Waals surface area contributed by atoms with Crippen molar-refractivity contribution in [3.8, 4) is 21.9 Å². The minimum absolute atomic E-state index is 0.0263. The Kier molecular flexibility index (Phi) is 7.51. The van der Waals surface area contributed by atoms with Crippen molar-refractivity contribution in [2.24, 2.45) is 0 Å². The predicted molar refractivity (Wildman–Crippen MR) is 142 cm³/mol. The van der Waals surface area contributed by atoms with E-state index in [-0.39, 0.29) is 11.9 Å². The zero-order valence-electron chi connectivity index (χ0n) is 20.6. The summed E-state index contributed by atoms with van der Waals surface area (Å²) >= 11 is 1.71. The van der Waals surface area contributed by atoms with Crippen LogP contribution in [0.2, 0.25) is 0 Å². The van der Waals surface area contributed by atoms with Crippen molar-refractivity contribution in [2.75, 3.05) is 26.1 Å². The van der Waals surface area contributed by atoms with Crippen molar-refractivity contribution in [2.45, 2.75) is 33.2 Å². The number of aromatic nitrogens is 2. The largest absolute Gasteiger partial charge is 0.493 e. The number of anilines is 1. The van der Waals surface area contributed by atoms with E-state index in [1.54, 1.807) is 25.6 Å². The van der Waals surface area contributed by atoms with E-state index in [2.05, 4.69) is 39.7 Å². The maximum Gasteiger partial charge on any atom is 0.251 e. The third-order valence-corrected chi connectivity index (χ3v) is 7.00. The normalized spacial score (nSPS) is 11.8. The van der Waals surface area contributed by atoms with Crippen LogP contribution in [0.5, 0.6) is 11.5 Å². The van der Waals surface area contributed by atoms with Crippen LogP contribution in [-0.4, -0.2) is 36.6 Å². The lowest BCUT2D eigenvalue weighted by atomic mass is 10.1. The van der Waals surface area contributed by atoms with Gasteiger partial charge in [0.05, 0.1) is 25.8 Å². The van der Waals surface area contributed by atoms with Gasteiger partial charge in [-0.05, 0) is 56.2 Å². The van der Waals surface area contributed by atoms with Crippen molar-refractivity contribution < 1.29 is 14.3 Å². The quantitative estimate of drug-likeness (QED) is 0.299. The monoisotopic (exact) mass is 490 g/mol. The van der Waals surface area contributed by atoms with Gasteiger partial charge in [0.15, 0.2) is 11.5 Å². The number of hydrogen-bond acceptors (Lipinski definition) is 7. The van der Waals surface area contributed by atoms with Crippen LogP contribution in [-0.2, 0) is 0 Å². The van der Waals surface area contributed by atoms with Gasteiger partial charge in [-0.3, -0.25) is 4.79 Å². The molecule has 0 saturated carbocycles. The molecule has 2 N–H and O–H groups in total. The number of nitrogens with one attached hydrogen (secondary N) is 2. The van der Waals surface area contributed by atoms with Crippen molar-refractivity contribution in [3.63, 3.8) is 0 Å². The molecule has 1 amide bonds. The number of methoxy groups -OCH3 is 2. The lowest BCUT2D eigenvalue weighted by molar-refractivity contribution is 0.0953. The lowest BCUT2D eigenvalue weighted by Crippen LogP contribution is -2.23. The first-order valence-corrected chi connectivity index (χ1v) is 12.4. The highest BCUT2D eigenvalue weighted by molar-refractivity contribution is 7.15. The molecule has 8 heteroatoms. The minimum atomic E-state index is -0.0373. The van der Waals surface area contributed by atoms with Crippen LogP contribution in [0.25, 0.3) is 21.3 Å². The summed E-state index contributed by atoms with van der Waals surface area (Å²) in [5, 5.41) is 7.33. The van der Waals surface area contributed by atoms with Gasteiger partial charge in [-0.15, -0.1) is 11.3 Å². The molecule has 2 aromatic carbocycles. The second-order valence-corrected chi connectivity index (χ2v) is 9.36.